The minimum atomic E-state index is -0.600. The van der Waals surface area contributed by atoms with E-state index < -0.39 is 11.9 Å². The minimum absolute atomic E-state index is 0.169. The SMILES string of the molecule is CCOC(=O)c1c(NC(=O)c2ccc(C)cc2)sc(C(=O)Nc2ccccc2OC)c1C. The summed E-state index contributed by atoms with van der Waals surface area (Å²) in [5, 5.41) is 5.83. The fourth-order valence-electron chi connectivity index (χ4n) is 3.07. The monoisotopic (exact) mass is 452 g/mol. The molecule has 0 spiro atoms. The van der Waals surface area contributed by atoms with E-state index >= 15 is 0 Å². The van der Waals surface area contributed by atoms with Crippen LogP contribution < -0.4 is 15.4 Å². The maximum atomic E-state index is 13.0. The predicted octanol–water partition coefficient (Wildman–Crippen LogP) is 5.05. The summed E-state index contributed by atoms with van der Waals surface area (Å²) in [7, 11) is 1.51. The number of amides is 2. The van der Waals surface area contributed by atoms with Gasteiger partial charge in [0.05, 0.1) is 29.8 Å². The second kappa shape index (κ2) is 10.1. The molecule has 0 fully saturated rings. The van der Waals surface area contributed by atoms with E-state index in [4.69, 9.17) is 9.47 Å². The number of methoxy groups -OCH3 is 1. The smallest absolute Gasteiger partial charge is 0.341 e. The number of nitrogens with one attached hydrogen (secondary N) is 2. The molecule has 32 heavy (non-hydrogen) atoms. The number of aryl methyl sites for hydroxylation is 1. The number of anilines is 2. The van der Waals surface area contributed by atoms with Gasteiger partial charge in [-0.15, -0.1) is 11.3 Å². The second-order valence-electron chi connectivity index (χ2n) is 6.96. The highest BCUT2D eigenvalue weighted by atomic mass is 32.1. The molecule has 0 aliphatic heterocycles. The molecule has 7 nitrogen and oxygen atoms in total. The largest absolute Gasteiger partial charge is 0.495 e. The number of para-hydroxylation sites is 2. The number of rotatable bonds is 7. The van der Waals surface area contributed by atoms with Crippen molar-refractivity contribution < 1.29 is 23.9 Å². The van der Waals surface area contributed by atoms with E-state index in [2.05, 4.69) is 10.6 Å². The molecule has 0 bridgehead atoms. The van der Waals surface area contributed by atoms with Crippen LogP contribution in [0, 0.1) is 13.8 Å². The number of thiophene rings is 1. The number of esters is 1. The lowest BCUT2D eigenvalue weighted by molar-refractivity contribution is 0.0527. The molecule has 0 unspecified atom stereocenters. The van der Waals surface area contributed by atoms with Crippen molar-refractivity contribution in [2.45, 2.75) is 20.8 Å². The van der Waals surface area contributed by atoms with Crippen LogP contribution in [0.15, 0.2) is 48.5 Å². The van der Waals surface area contributed by atoms with Crippen molar-refractivity contribution in [1.29, 1.82) is 0 Å². The number of ether oxygens (including phenoxy) is 2. The second-order valence-corrected chi connectivity index (χ2v) is 7.98. The van der Waals surface area contributed by atoms with Crippen molar-refractivity contribution >= 4 is 39.8 Å². The predicted molar refractivity (Wildman–Crippen MR) is 125 cm³/mol. The van der Waals surface area contributed by atoms with E-state index in [1.807, 2.05) is 19.1 Å². The Bertz CT molecular complexity index is 1150. The summed E-state index contributed by atoms with van der Waals surface area (Å²) in [6.45, 7) is 5.44. The molecule has 0 atom stereocenters. The van der Waals surface area contributed by atoms with Gasteiger partial charge in [-0.25, -0.2) is 4.79 Å². The van der Waals surface area contributed by atoms with E-state index in [-0.39, 0.29) is 28.0 Å². The average molecular weight is 453 g/mol. The topological polar surface area (TPSA) is 93.7 Å². The molecule has 3 aromatic rings. The van der Waals surface area contributed by atoms with Crippen LogP contribution in [0.25, 0.3) is 0 Å². The summed E-state index contributed by atoms with van der Waals surface area (Å²) < 4.78 is 10.4. The molecule has 8 heteroatoms. The summed E-state index contributed by atoms with van der Waals surface area (Å²) in [6.07, 6.45) is 0. The molecule has 2 aromatic carbocycles. The fourth-order valence-corrected chi connectivity index (χ4v) is 4.16. The number of hydrogen-bond donors (Lipinski definition) is 2. The molecule has 1 aromatic heterocycles. The van der Waals surface area contributed by atoms with Crippen LogP contribution in [-0.4, -0.2) is 31.5 Å². The third-order valence-electron chi connectivity index (χ3n) is 4.73. The van der Waals surface area contributed by atoms with Gasteiger partial charge in [0.1, 0.15) is 10.8 Å². The Labute approximate surface area is 190 Å². The standard InChI is InChI=1S/C24H24N2O5S/c1-5-31-24(29)19-15(3)20(22(28)25-17-8-6-7-9-18(17)30-4)32-23(19)26-21(27)16-12-10-14(2)11-13-16/h6-13H,5H2,1-4H3,(H,25,28)(H,26,27). The summed E-state index contributed by atoms with van der Waals surface area (Å²) in [5.74, 6) is -0.891. The van der Waals surface area contributed by atoms with Gasteiger partial charge in [-0.2, -0.15) is 0 Å². The number of benzene rings is 2. The highest BCUT2D eigenvalue weighted by Gasteiger charge is 2.27. The van der Waals surface area contributed by atoms with Gasteiger partial charge in [-0.05, 0) is 50.6 Å². The van der Waals surface area contributed by atoms with Crippen molar-refractivity contribution in [3.63, 3.8) is 0 Å². The van der Waals surface area contributed by atoms with Gasteiger partial charge < -0.3 is 20.1 Å². The summed E-state index contributed by atoms with van der Waals surface area (Å²) in [6, 6.07) is 14.1. The zero-order chi connectivity index (χ0) is 23.3. The van der Waals surface area contributed by atoms with Gasteiger partial charge in [0.2, 0.25) is 0 Å². The van der Waals surface area contributed by atoms with Crippen molar-refractivity contribution in [3.8, 4) is 5.75 Å². The molecule has 0 aliphatic rings. The van der Waals surface area contributed by atoms with Crippen LogP contribution in [0.2, 0.25) is 0 Å². The third kappa shape index (κ3) is 4.97. The van der Waals surface area contributed by atoms with Gasteiger partial charge in [0, 0.05) is 5.56 Å². The lowest BCUT2D eigenvalue weighted by Crippen LogP contribution is -2.15. The van der Waals surface area contributed by atoms with Crippen LogP contribution >= 0.6 is 11.3 Å². The Hall–Kier alpha value is -3.65. The molecule has 0 aliphatic carbocycles. The van der Waals surface area contributed by atoms with E-state index in [0.29, 0.717) is 22.6 Å². The lowest BCUT2D eigenvalue weighted by atomic mass is 10.1. The van der Waals surface area contributed by atoms with Gasteiger partial charge in [0.25, 0.3) is 11.8 Å². The van der Waals surface area contributed by atoms with Crippen LogP contribution in [0.3, 0.4) is 0 Å². The molecule has 0 saturated heterocycles. The minimum Gasteiger partial charge on any atom is -0.495 e. The number of carbonyl (C=O) groups excluding carboxylic acids is 3. The van der Waals surface area contributed by atoms with Gasteiger partial charge in [0.15, 0.2) is 0 Å². The Kier molecular flexibility index (Phi) is 7.27. The first-order chi connectivity index (χ1) is 15.3. The zero-order valence-electron chi connectivity index (χ0n) is 18.3. The summed E-state index contributed by atoms with van der Waals surface area (Å²) in [5.41, 5.74) is 2.56. The number of carbonyl (C=O) groups is 3. The molecule has 166 valence electrons. The number of hydrogen-bond acceptors (Lipinski definition) is 6. The average Bonchev–Trinajstić information content (AvgIpc) is 3.10. The molecule has 2 N–H and O–H groups in total. The molecule has 2 amide bonds. The summed E-state index contributed by atoms with van der Waals surface area (Å²) >= 11 is 1.02. The Morgan fingerprint density at radius 3 is 2.28 bits per heavy atom. The fraction of sp³-hybridized carbons (Fsp3) is 0.208. The van der Waals surface area contributed by atoms with Gasteiger partial charge in [-0.1, -0.05) is 29.8 Å². The first-order valence-electron chi connectivity index (χ1n) is 9.98. The maximum absolute atomic E-state index is 13.0. The normalized spacial score (nSPS) is 10.4. The molecular weight excluding hydrogens is 428 g/mol. The van der Waals surface area contributed by atoms with Crippen LogP contribution in [0.4, 0.5) is 10.7 Å². The van der Waals surface area contributed by atoms with Crippen molar-refractivity contribution in [1.82, 2.24) is 0 Å². The first-order valence-corrected chi connectivity index (χ1v) is 10.8. The van der Waals surface area contributed by atoms with E-state index in [1.54, 1.807) is 50.2 Å². The molecule has 0 saturated carbocycles. The quantitative estimate of drug-likeness (QED) is 0.489. The van der Waals surface area contributed by atoms with Crippen molar-refractivity contribution in [2.24, 2.45) is 0 Å². The molecule has 3 rings (SSSR count). The first kappa shape index (κ1) is 23.0. The Morgan fingerprint density at radius 2 is 1.62 bits per heavy atom. The third-order valence-corrected chi connectivity index (χ3v) is 5.93. The Morgan fingerprint density at radius 1 is 0.938 bits per heavy atom. The molecular formula is C24H24N2O5S. The van der Waals surface area contributed by atoms with Crippen LogP contribution in [0.5, 0.6) is 5.75 Å². The van der Waals surface area contributed by atoms with Gasteiger partial charge in [-0.3, -0.25) is 9.59 Å². The van der Waals surface area contributed by atoms with Gasteiger partial charge >= 0.3 is 5.97 Å². The van der Waals surface area contributed by atoms with E-state index in [1.165, 1.54) is 7.11 Å². The molecule has 1 heterocycles. The van der Waals surface area contributed by atoms with Crippen LogP contribution in [0.1, 0.15) is 48.4 Å². The highest BCUT2D eigenvalue weighted by Crippen LogP contribution is 2.35. The Balaban J connectivity index is 1.95. The highest BCUT2D eigenvalue weighted by molar-refractivity contribution is 7.19. The lowest BCUT2D eigenvalue weighted by Gasteiger charge is -2.09. The maximum Gasteiger partial charge on any atom is 0.341 e. The van der Waals surface area contributed by atoms with Crippen molar-refractivity contribution in [3.05, 3.63) is 75.7 Å². The molecule has 0 radical (unpaired) electrons. The van der Waals surface area contributed by atoms with E-state index in [9.17, 15) is 14.4 Å². The van der Waals surface area contributed by atoms with Crippen molar-refractivity contribution in [2.75, 3.05) is 24.4 Å². The zero-order valence-corrected chi connectivity index (χ0v) is 19.1. The van der Waals surface area contributed by atoms with Crippen LogP contribution in [-0.2, 0) is 4.74 Å². The van der Waals surface area contributed by atoms with E-state index in [0.717, 1.165) is 16.9 Å². The summed E-state index contributed by atoms with van der Waals surface area (Å²) in [4.78, 5) is 38.7.